The van der Waals surface area contributed by atoms with E-state index in [-0.39, 0.29) is 16.6 Å². The van der Waals surface area contributed by atoms with Crippen LogP contribution in [0, 0.1) is 5.41 Å². The van der Waals surface area contributed by atoms with Crippen molar-refractivity contribution in [2.24, 2.45) is 5.41 Å². The minimum absolute atomic E-state index is 0.0225. The fraction of sp³-hybridized carbons (Fsp3) is 0.909. The van der Waals surface area contributed by atoms with E-state index in [1.165, 1.54) is 0 Å². The van der Waals surface area contributed by atoms with Gasteiger partial charge in [0.2, 0.25) is 5.91 Å². The van der Waals surface area contributed by atoms with Crippen molar-refractivity contribution in [3.8, 4) is 0 Å². The summed E-state index contributed by atoms with van der Waals surface area (Å²) in [5, 5.41) is 6.19. The molecule has 0 aromatic rings. The Bertz CT molecular complexity index is 275. The van der Waals surface area contributed by atoms with Crippen LogP contribution in [-0.4, -0.2) is 41.3 Å². The van der Waals surface area contributed by atoms with Crippen molar-refractivity contribution in [3.05, 3.63) is 0 Å². The van der Waals surface area contributed by atoms with Crippen LogP contribution in [0.2, 0.25) is 0 Å². The van der Waals surface area contributed by atoms with Gasteiger partial charge in [-0.1, -0.05) is 6.92 Å². The van der Waals surface area contributed by atoms with Crippen LogP contribution in [0.4, 0.5) is 0 Å². The van der Waals surface area contributed by atoms with Gasteiger partial charge in [-0.15, -0.1) is 0 Å². The summed E-state index contributed by atoms with van der Waals surface area (Å²) in [6.07, 6.45) is 3.42. The molecule has 1 saturated heterocycles. The number of rotatable bonds is 4. The number of nitrogens with one attached hydrogen (secondary N) is 2. The largest absolute Gasteiger partial charge is 0.354 e. The minimum Gasteiger partial charge on any atom is -0.354 e. The Morgan fingerprint density at radius 2 is 2.06 bits per heavy atom. The van der Waals surface area contributed by atoms with E-state index in [9.17, 15) is 9.00 Å². The molecule has 0 radical (unpaired) electrons. The maximum Gasteiger partial charge on any atom is 0.226 e. The first-order valence-corrected chi connectivity index (χ1v) is 7.39. The average Bonchev–Trinajstić information content (AvgIpc) is 2.26. The fourth-order valence-electron chi connectivity index (χ4n) is 1.77. The fourth-order valence-corrected chi connectivity index (χ4v) is 2.09. The predicted molar refractivity (Wildman–Crippen MR) is 66.7 cm³/mol. The molecule has 0 aromatic carbocycles. The number of piperidine rings is 1. The molecular weight excluding hydrogens is 224 g/mol. The standard InChI is InChI=1S/C11H22N2O2S/c1-9(16(3)15)8-13-10(14)11(2)4-6-12-7-5-11/h9,12H,4-8H2,1-3H3,(H,13,14). The second kappa shape index (κ2) is 5.77. The lowest BCUT2D eigenvalue weighted by Crippen LogP contribution is -2.47. The first-order valence-electron chi connectivity index (χ1n) is 5.77. The van der Waals surface area contributed by atoms with E-state index >= 15 is 0 Å². The summed E-state index contributed by atoms with van der Waals surface area (Å²) in [6.45, 7) is 6.21. The Labute approximate surface area is 100 Å². The van der Waals surface area contributed by atoms with Crippen molar-refractivity contribution in [2.45, 2.75) is 31.9 Å². The Balaban J connectivity index is 2.42. The van der Waals surface area contributed by atoms with Crippen molar-refractivity contribution < 1.29 is 9.00 Å². The first kappa shape index (κ1) is 13.6. The molecule has 0 aliphatic carbocycles. The SMILES string of the molecule is CC(CNC(=O)C1(C)CCNCC1)S(C)=O. The Morgan fingerprint density at radius 3 is 2.56 bits per heavy atom. The van der Waals surface area contributed by atoms with E-state index < -0.39 is 10.8 Å². The van der Waals surface area contributed by atoms with Crippen molar-refractivity contribution in [1.29, 1.82) is 0 Å². The molecule has 2 N–H and O–H groups in total. The molecule has 0 bridgehead atoms. The number of hydrogen-bond acceptors (Lipinski definition) is 3. The summed E-state index contributed by atoms with van der Waals surface area (Å²) >= 11 is 0. The van der Waals surface area contributed by atoms with Crippen molar-refractivity contribution in [1.82, 2.24) is 10.6 Å². The zero-order valence-electron chi connectivity index (χ0n) is 10.3. The van der Waals surface area contributed by atoms with E-state index in [4.69, 9.17) is 0 Å². The van der Waals surface area contributed by atoms with Gasteiger partial charge < -0.3 is 10.6 Å². The molecule has 1 fully saturated rings. The summed E-state index contributed by atoms with van der Waals surface area (Å²) in [5.74, 6) is 0.103. The highest BCUT2D eigenvalue weighted by molar-refractivity contribution is 7.84. The summed E-state index contributed by atoms with van der Waals surface area (Å²) < 4.78 is 11.2. The van der Waals surface area contributed by atoms with Crippen LogP contribution in [0.15, 0.2) is 0 Å². The van der Waals surface area contributed by atoms with E-state index in [0.717, 1.165) is 25.9 Å². The smallest absolute Gasteiger partial charge is 0.226 e. The van der Waals surface area contributed by atoms with Gasteiger partial charge >= 0.3 is 0 Å². The third kappa shape index (κ3) is 3.56. The summed E-state index contributed by atoms with van der Waals surface area (Å²) in [6, 6.07) is 0. The van der Waals surface area contributed by atoms with Crippen LogP contribution in [0.1, 0.15) is 26.7 Å². The van der Waals surface area contributed by atoms with Gasteiger partial charge in [0, 0.05) is 34.3 Å². The van der Waals surface area contributed by atoms with Crippen LogP contribution in [0.3, 0.4) is 0 Å². The van der Waals surface area contributed by atoms with Gasteiger partial charge in [0.15, 0.2) is 0 Å². The molecule has 2 atom stereocenters. The number of carbonyl (C=O) groups is 1. The lowest BCUT2D eigenvalue weighted by molar-refractivity contribution is -0.131. The normalized spacial score (nSPS) is 23.4. The third-order valence-electron chi connectivity index (χ3n) is 3.37. The number of carbonyl (C=O) groups excluding carboxylic acids is 1. The van der Waals surface area contributed by atoms with Gasteiger partial charge in [-0.3, -0.25) is 9.00 Å². The van der Waals surface area contributed by atoms with Crippen molar-refractivity contribution >= 4 is 16.7 Å². The molecule has 1 heterocycles. The van der Waals surface area contributed by atoms with Gasteiger partial charge in [-0.05, 0) is 32.9 Å². The van der Waals surface area contributed by atoms with Gasteiger partial charge in [-0.25, -0.2) is 0 Å². The molecule has 4 nitrogen and oxygen atoms in total. The molecule has 94 valence electrons. The Kier molecular flexibility index (Phi) is 4.92. The topological polar surface area (TPSA) is 58.2 Å². The zero-order chi connectivity index (χ0) is 12.2. The Morgan fingerprint density at radius 1 is 1.50 bits per heavy atom. The van der Waals surface area contributed by atoms with Crippen molar-refractivity contribution in [2.75, 3.05) is 25.9 Å². The highest BCUT2D eigenvalue weighted by atomic mass is 32.2. The molecule has 1 rings (SSSR count). The number of hydrogen-bond donors (Lipinski definition) is 2. The highest BCUT2D eigenvalue weighted by Gasteiger charge is 2.34. The zero-order valence-corrected chi connectivity index (χ0v) is 11.2. The number of amides is 1. The molecule has 1 aliphatic heterocycles. The summed E-state index contributed by atoms with van der Waals surface area (Å²) in [7, 11) is -0.872. The molecule has 1 aliphatic rings. The maximum absolute atomic E-state index is 12.0. The van der Waals surface area contributed by atoms with E-state index in [0.29, 0.717) is 6.54 Å². The summed E-state index contributed by atoms with van der Waals surface area (Å²) in [5.41, 5.74) is -0.250. The Hall–Kier alpha value is -0.420. The molecular formula is C11H22N2O2S. The van der Waals surface area contributed by atoms with Gasteiger partial charge in [-0.2, -0.15) is 0 Å². The van der Waals surface area contributed by atoms with Gasteiger partial charge in [0.05, 0.1) is 0 Å². The average molecular weight is 246 g/mol. The molecule has 1 amide bonds. The second-order valence-corrected chi connectivity index (χ2v) is 6.63. The molecule has 0 spiro atoms. The summed E-state index contributed by atoms with van der Waals surface area (Å²) in [4.78, 5) is 12.0. The van der Waals surface area contributed by atoms with Crippen LogP contribution >= 0.6 is 0 Å². The van der Waals surface area contributed by atoms with Gasteiger partial charge in [0.25, 0.3) is 0 Å². The minimum atomic E-state index is -0.872. The van der Waals surface area contributed by atoms with Crippen LogP contribution in [0.25, 0.3) is 0 Å². The monoisotopic (exact) mass is 246 g/mol. The van der Waals surface area contributed by atoms with Crippen LogP contribution < -0.4 is 10.6 Å². The molecule has 5 heteroatoms. The lowest BCUT2D eigenvalue weighted by atomic mass is 9.80. The van der Waals surface area contributed by atoms with E-state index in [1.807, 2.05) is 13.8 Å². The van der Waals surface area contributed by atoms with Crippen LogP contribution in [-0.2, 0) is 15.6 Å². The van der Waals surface area contributed by atoms with Crippen LogP contribution in [0.5, 0.6) is 0 Å². The molecule has 0 aromatic heterocycles. The quantitative estimate of drug-likeness (QED) is 0.748. The lowest BCUT2D eigenvalue weighted by Gasteiger charge is -2.32. The molecule has 2 unspecified atom stereocenters. The third-order valence-corrected chi connectivity index (χ3v) is 4.67. The van der Waals surface area contributed by atoms with E-state index in [1.54, 1.807) is 6.26 Å². The van der Waals surface area contributed by atoms with Gasteiger partial charge in [0.1, 0.15) is 0 Å². The first-order chi connectivity index (χ1) is 7.46. The maximum atomic E-state index is 12.0. The molecule has 0 saturated carbocycles. The second-order valence-electron chi connectivity index (χ2n) is 4.83. The van der Waals surface area contributed by atoms with E-state index in [2.05, 4.69) is 10.6 Å². The predicted octanol–water partition coefficient (Wildman–Crippen LogP) is 0.259. The molecule has 16 heavy (non-hydrogen) atoms. The highest BCUT2D eigenvalue weighted by Crippen LogP contribution is 2.27. The van der Waals surface area contributed by atoms with Crippen molar-refractivity contribution in [3.63, 3.8) is 0 Å².